The number of para-hydroxylation sites is 1. The highest BCUT2D eigenvalue weighted by Crippen LogP contribution is 2.28. The smallest absolute Gasteiger partial charge is 0.337 e. The Balaban J connectivity index is 1.46. The Kier molecular flexibility index (Phi) is 8.37. The van der Waals surface area contributed by atoms with Gasteiger partial charge in [-0.3, -0.25) is 9.59 Å². The van der Waals surface area contributed by atoms with Gasteiger partial charge < -0.3 is 18.9 Å². The Morgan fingerprint density at radius 3 is 2.77 bits per heavy atom. The number of aromatic nitrogens is 1. The minimum atomic E-state index is -0.419. The Morgan fingerprint density at radius 1 is 1.14 bits per heavy atom. The topological polar surface area (TPSA) is 90.2 Å². The second-order valence-electron chi connectivity index (χ2n) is 7.83. The fourth-order valence-corrected chi connectivity index (χ4v) is 5.74. The SMILES string of the molecule is CCOCCn1c(=NC(=O)CSCC(=O)N2CCc3ccccc32)sc2cc(C(=O)OC)ccc21. The maximum Gasteiger partial charge on any atom is 0.337 e. The predicted molar refractivity (Wildman–Crippen MR) is 138 cm³/mol. The van der Waals surface area contributed by atoms with Crippen LogP contribution in [0.1, 0.15) is 22.8 Å². The van der Waals surface area contributed by atoms with Crippen molar-refractivity contribution >= 4 is 56.8 Å². The van der Waals surface area contributed by atoms with Gasteiger partial charge in [-0.15, -0.1) is 11.8 Å². The summed E-state index contributed by atoms with van der Waals surface area (Å²) in [5.41, 5.74) is 3.44. The molecule has 0 N–H and O–H groups in total. The Morgan fingerprint density at radius 2 is 1.97 bits per heavy atom. The van der Waals surface area contributed by atoms with E-state index in [0.717, 1.165) is 22.3 Å². The number of nitrogens with zero attached hydrogens (tertiary/aromatic N) is 3. The van der Waals surface area contributed by atoms with Crippen LogP contribution in [0.15, 0.2) is 47.5 Å². The van der Waals surface area contributed by atoms with Gasteiger partial charge in [-0.05, 0) is 43.2 Å². The number of benzene rings is 2. The summed E-state index contributed by atoms with van der Waals surface area (Å²) in [5, 5.41) is 0. The summed E-state index contributed by atoms with van der Waals surface area (Å²) >= 11 is 2.60. The summed E-state index contributed by atoms with van der Waals surface area (Å²) in [5.74, 6) is -0.410. The summed E-state index contributed by atoms with van der Waals surface area (Å²) in [6.45, 7) is 4.19. The summed E-state index contributed by atoms with van der Waals surface area (Å²) in [6.07, 6.45) is 0.853. The molecular formula is C25H27N3O5S2. The first-order valence-electron chi connectivity index (χ1n) is 11.3. The van der Waals surface area contributed by atoms with Crippen LogP contribution >= 0.6 is 23.1 Å². The van der Waals surface area contributed by atoms with Crippen molar-refractivity contribution in [1.29, 1.82) is 0 Å². The van der Waals surface area contributed by atoms with E-state index in [1.54, 1.807) is 17.0 Å². The number of hydrogen-bond acceptors (Lipinski definition) is 7. The Hall–Kier alpha value is -2.95. The number of amides is 2. The van der Waals surface area contributed by atoms with Crippen LogP contribution in [0, 0.1) is 0 Å². The molecule has 3 aromatic rings. The van der Waals surface area contributed by atoms with Crippen molar-refractivity contribution in [3.8, 4) is 0 Å². The summed E-state index contributed by atoms with van der Waals surface area (Å²) in [7, 11) is 1.34. The number of ether oxygens (including phenoxy) is 2. The first-order valence-corrected chi connectivity index (χ1v) is 13.3. The molecule has 2 amide bonds. The lowest BCUT2D eigenvalue weighted by Gasteiger charge is -2.16. The molecular weight excluding hydrogens is 486 g/mol. The van der Waals surface area contributed by atoms with Crippen molar-refractivity contribution < 1.29 is 23.9 Å². The molecule has 2 heterocycles. The van der Waals surface area contributed by atoms with Crippen LogP contribution in [0.5, 0.6) is 0 Å². The van der Waals surface area contributed by atoms with Gasteiger partial charge >= 0.3 is 5.97 Å². The molecule has 2 aromatic carbocycles. The largest absolute Gasteiger partial charge is 0.465 e. The number of hydrogen-bond donors (Lipinski definition) is 0. The van der Waals surface area contributed by atoms with Crippen LogP contribution in [-0.4, -0.2) is 60.7 Å². The fraction of sp³-hybridized carbons (Fsp3) is 0.360. The monoisotopic (exact) mass is 513 g/mol. The molecule has 0 aliphatic carbocycles. The van der Waals surface area contributed by atoms with Crippen LogP contribution in [0.4, 0.5) is 5.69 Å². The molecule has 8 nitrogen and oxygen atoms in total. The molecule has 0 saturated carbocycles. The first-order chi connectivity index (χ1) is 17.0. The van der Waals surface area contributed by atoms with Crippen LogP contribution in [0.2, 0.25) is 0 Å². The molecule has 1 aliphatic heterocycles. The Labute approximate surface area is 211 Å². The molecule has 35 heavy (non-hydrogen) atoms. The normalized spacial score (nSPS) is 13.3. The van der Waals surface area contributed by atoms with Crippen LogP contribution in [0.3, 0.4) is 0 Å². The average molecular weight is 514 g/mol. The molecule has 0 atom stereocenters. The van der Waals surface area contributed by atoms with E-state index < -0.39 is 5.97 Å². The molecule has 0 radical (unpaired) electrons. The zero-order chi connectivity index (χ0) is 24.8. The lowest BCUT2D eigenvalue weighted by molar-refractivity contribution is -0.116. The quantitative estimate of drug-likeness (QED) is 0.322. The first kappa shape index (κ1) is 25.2. The molecule has 184 valence electrons. The van der Waals surface area contributed by atoms with Crippen LogP contribution < -0.4 is 9.70 Å². The number of fused-ring (bicyclic) bond motifs is 2. The number of carbonyl (C=O) groups is 3. The van der Waals surface area contributed by atoms with E-state index in [4.69, 9.17) is 9.47 Å². The second kappa shape index (κ2) is 11.7. The third-order valence-electron chi connectivity index (χ3n) is 5.63. The third kappa shape index (κ3) is 5.83. The van der Waals surface area contributed by atoms with Crippen LogP contribution in [-0.2, 0) is 32.0 Å². The molecule has 0 unspecified atom stereocenters. The van der Waals surface area contributed by atoms with Gasteiger partial charge in [-0.2, -0.15) is 4.99 Å². The van der Waals surface area contributed by atoms with Gasteiger partial charge in [0.15, 0.2) is 4.80 Å². The summed E-state index contributed by atoms with van der Waals surface area (Å²) in [6, 6.07) is 13.2. The van der Waals surface area contributed by atoms with E-state index in [-0.39, 0.29) is 23.3 Å². The van der Waals surface area contributed by atoms with Crippen molar-refractivity contribution in [2.45, 2.75) is 19.9 Å². The molecule has 1 aromatic heterocycles. The van der Waals surface area contributed by atoms with Gasteiger partial charge in [0.05, 0.1) is 41.0 Å². The molecule has 0 saturated heterocycles. The Bertz CT molecular complexity index is 1310. The number of rotatable bonds is 9. The van der Waals surface area contributed by atoms with E-state index in [1.165, 1.54) is 35.8 Å². The average Bonchev–Trinajstić information content (AvgIpc) is 3.44. The lowest BCUT2D eigenvalue weighted by Crippen LogP contribution is -2.30. The molecule has 0 spiro atoms. The highest BCUT2D eigenvalue weighted by Gasteiger charge is 2.24. The van der Waals surface area contributed by atoms with Gasteiger partial charge in [-0.25, -0.2) is 4.79 Å². The zero-order valence-corrected chi connectivity index (χ0v) is 21.3. The minimum absolute atomic E-state index is 0.00303. The van der Waals surface area contributed by atoms with Gasteiger partial charge in [0.25, 0.3) is 5.91 Å². The van der Waals surface area contributed by atoms with Gasteiger partial charge in [0.2, 0.25) is 5.91 Å². The lowest BCUT2D eigenvalue weighted by atomic mass is 10.2. The van der Waals surface area contributed by atoms with Gasteiger partial charge in [0.1, 0.15) is 0 Å². The van der Waals surface area contributed by atoms with E-state index in [2.05, 4.69) is 4.99 Å². The standard InChI is InChI=1S/C25H27N3O5S2/c1-3-33-13-12-28-20-9-8-18(24(31)32-2)14-21(20)35-25(28)26-22(29)15-34-16-23(30)27-11-10-17-6-4-5-7-19(17)27/h4-9,14H,3,10-13,15-16H2,1-2H3. The summed E-state index contributed by atoms with van der Waals surface area (Å²) < 4.78 is 13.1. The third-order valence-corrected chi connectivity index (χ3v) is 7.57. The van der Waals surface area contributed by atoms with E-state index >= 15 is 0 Å². The zero-order valence-electron chi connectivity index (χ0n) is 19.7. The maximum atomic E-state index is 12.7. The number of carbonyl (C=O) groups excluding carboxylic acids is 3. The molecule has 4 rings (SSSR count). The highest BCUT2D eigenvalue weighted by molar-refractivity contribution is 8.00. The van der Waals surface area contributed by atoms with Crippen molar-refractivity contribution in [1.82, 2.24) is 4.57 Å². The number of anilines is 1. The number of thioether (sulfide) groups is 1. The van der Waals surface area contributed by atoms with E-state index in [0.29, 0.717) is 36.7 Å². The molecule has 10 heteroatoms. The highest BCUT2D eigenvalue weighted by atomic mass is 32.2. The molecule has 1 aliphatic rings. The second-order valence-corrected chi connectivity index (χ2v) is 9.82. The van der Waals surface area contributed by atoms with E-state index in [9.17, 15) is 14.4 Å². The van der Waals surface area contributed by atoms with Crippen molar-refractivity contribution in [3.05, 3.63) is 58.4 Å². The minimum Gasteiger partial charge on any atom is -0.465 e. The van der Waals surface area contributed by atoms with Gasteiger partial charge in [-0.1, -0.05) is 29.5 Å². The number of esters is 1. The number of thiazole rings is 1. The van der Waals surface area contributed by atoms with Crippen molar-refractivity contribution in [3.63, 3.8) is 0 Å². The number of methoxy groups -OCH3 is 1. The predicted octanol–water partition coefficient (Wildman–Crippen LogP) is 3.28. The van der Waals surface area contributed by atoms with E-state index in [1.807, 2.05) is 41.8 Å². The molecule has 0 fully saturated rings. The van der Waals surface area contributed by atoms with Crippen molar-refractivity contribution in [2.75, 3.05) is 43.3 Å². The summed E-state index contributed by atoms with van der Waals surface area (Å²) in [4.78, 5) is 43.9. The van der Waals surface area contributed by atoms with Gasteiger partial charge in [0, 0.05) is 25.4 Å². The van der Waals surface area contributed by atoms with Crippen molar-refractivity contribution in [2.24, 2.45) is 4.99 Å². The fourth-order valence-electron chi connectivity index (χ4n) is 3.96. The van der Waals surface area contributed by atoms with Crippen LogP contribution in [0.25, 0.3) is 10.2 Å². The maximum absolute atomic E-state index is 12.7. The molecule has 0 bridgehead atoms.